The van der Waals surface area contributed by atoms with Crippen LogP contribution in [0.5, 0.6) is 0 Å². The number of carboxylic acids is 1. The molecule has 0 aromatic carbocycles. The van der Waals surface area contributed by atoms with Gasteiger partial charge >= 0.3 is 5.97 Å². The van der Waals surface area contributed by atoms with E-state index in [0.29, 0.717) is 18.9 Å². The summed E-state index contributed by atoms with van der Waals surface area (Å²) in [5.41, 5.74) is 0.161. The van der Waals surface area contributed by atoms with Gasteiger partial charge in [-0.15, -0.1) is 0 Å². The van der Waals surface area contributed by atoms with E-state index in [2.05, 4.69) is 0 Å². The normalized spacial score (nSPS) is 27.3. The van der Waals surface area contributed by atoms with E-state index in [0.717, 1.165) is 6.42 Å². The van der Waals surface area contributed by atoms with Gasteiger partial charge in [-0.25, -0.2) is 4.79 Å². The molecular formula is C8H9NO3. The molecule has 0 radical (unpaired) electrons. The maximum atomic E-state index is 11.2. The van der Waals surface area contributed by atoms with E-state index in [1.807, 2.05) is 0 Å². The van der Waals surface area contributed by atoms with Crippen LogP contribution in [0.3, 0.4) is 0 Å². The Kier molecular flexibility index (Phi) is 1.43. The van der Waals surface area contributed by atoms with Crippen molar-refractivity contribution in [2.45, 2.75) is 12.8 Å². The second kappa shape index (κ2) is 2.33. The first-order valence-corrected chi connectivity index (χ1v) is 3.92. The minimum atomic E-state index is -0.997. The molecule has 12 heavy (non-hydrogen) atoms. The molecule has 0 aromatic rings. The third-order valence-electron chi connectivity index (χ3n) is 2.36. The first kappa shape index (κ1) is 7.34. The number of carboxylic acid groups (broad SMARTS) is 1. The fraction of sp³-hybridized carbons (Fsp3) is 0.500. The first-order chi connectivity index (χ1) is 5.68. The molecule has 1 unspecified atom stereocenters. The largest absolute Gasteiger partial charge is 0.477 e. The van der Waals surface area contributed by atoms with Crippen molar-refractivity contribution in [3.8, 4) is 0 Å². The van der Waals surface area contributed by atoms with Crippen molar-refractivity contribution in [3.05, 3.63) is 11.8 Å². The summed E-state index contributed by atoms with van der Waals surface area (Å²) in [7, 11) is 0. The van der Waals surface area contributed by atoms with Crippen molar-refractivity contribution in [1.29, 1.82) is 0 Å². The first-order valence-electron chi connectivity index (χ1n) is 3.92. The van der Waals surface area contributed by atoms with Gasteiger partial charge in [-0.2, -0.15) is 0 Å². The smallest absolute Gasteiger partial charge is 0.352 e. The van der Waals surface area contributed by atoms with Crippen molar-refractivity contribution in [1.82, 2.24) is 4.90 Å². The molecule has 64 valence electrons. The topological polar surface area (TPSA) is 57.6 Å². The summed E-state index contributed by atoms with van der Waals surface area (Å²) in [5.74, 6) is -0.699. The van der Waals surface area contributed by atoms with Crippen LogP contribution in [0.15, 0.2) is 11.8 Å². The molecule has 1 N–H and O–H groups in total. The van der Waals surface area contributed by atoms with Gasteiger partial charge in [0.25, 0.3) is 0 Å². The zero-order valence-electron chi connectivity index (χ0n) is 6.49. The second-order valence-electron chi connectivity index (χ2n) is 3.20. The van der Waals surface area contributed by atoms with Crippen LogP contribution in [0.2, 0.25) is 0 Å². The highest BCUT2D eigenvalue weighted by Crippen LogP contribution is 2.30. The van der Waals surface area contributed by atoms with Gasteiger partial charge in [0.1, 0.15) is 5.70 Å². The van der Waals surface area contributed by atoms with Crippen molar-refractivity contribution in [2.75, 3.05) is 6.54 Å². The fourth-order valence-electron chi connectivity index (χ4n) is 1.76. The van der Waals surface area contributed by atoms with Gasteiger partial charge in [-0.1, -0.05) is 6.08 Å². The van der Waals surface area contributed by atoms with Gasteiger partial charge in [0.05, 0.1) is 0 Å². The number of nitrogens with zero attached hydrogens (tertiary/aromatic N) is 1. The number of amides is 1. The number of fused-ring (bicyclic) bond motifs is 2. The predicted molar refractivity (Wildman–Crippen MR) is 40.2 cm³/mol. The average molecular weight is 167 g/mol. The maximum Gasteiger partial charge on any atom is 0.352 e. The van der Waals surface area contributed by atoms with E-state index in [-0.39, 0.29) is 11.6 Å². The summed E-state index contributed by atoms with van der Waals surface area (Å²) in [5, 5.41) is 8.71. The van der Waals surface area contributed by atoms with Crippen molar-refractivity contribution < 1.29 is 14.7 Å². The van der Waals surface area contributed by atoms with Crippen LogP contribution >= 0.6 is 0 Å². The minimum Gasteiger partial charge on any atom is -0.477 e. The summed E-state index contributed by atoms with van der Waals surface area (Å²) in [6.45, 7) is 0.594. The molecule has 2 rings (SSSR count). The van der Waals surface area contributed by atoms with E-state index in [1.54, 1.807) is 6.08 Å². The lowest BCUT2D eigenvalue weighted by atomic mass is 10.0. The number of hydrogen-bond acceptors (Lipinski definition) is 2. The van der Waals surface area contributed by atoms with Crippen LogP contribution in [0, 0.1) is 5.92 Å². The molecule has 0 saturated carbocycles. The highest BCUT2D eigenvalue weighted by molar-refractivity contribution is 5.94. The van der Waals surface area contributed by atoms with Crippen LogP contribution < -0.4 is 0 Å². The van der Waals surface area contributed by atoms with Crippen LogP contribution in [-0.4, -0.2) is 28.4 Å². The minimum absolute atomic E-state index is 0.0499. The van der Waals surface area contributed by atoms with Crippen LogP contribution in [0.25, 0.3) is 0 Å². The number of hydrogen-bond donors (Lipinski definition) is 1. The zero-order valence-corrected chi connectivity index (χ0v) is 6.49. The lowest BCUT2D eigenvalue weighted by molar-refractivity contribution is -0.138. The highest BCUT2D eigenvalue weighted by Gasteiger charge is 2.36. The molecular weight excluding hydrogens is 158 g/mol. The molecule has 1 atom stereocenters. The average Bonchev–Trinajstić information content (AvgIpc) is 2.28. The van der Waals surface area contributed by atoms with E-state index in [9.17, 15) is 9.59 Å². The summed E-state index contributed by atoms with van der Waals surface area (Å²) in [6.07, 6.45) is 2.87. The molecule has 1 amide bonds. The summed E-state index contributed by atoms with van der Waals surface area (Å²) in [4.78, 5) is 23.2. The van der Waals surface area contributed by atoms with E-state index in [4.69, 9.17) is 5.11 Å². The Morgan fingerprint density at radius 3 is 3.08 bits per heavy atom. The number of carbonyl (C=O) groups is 2. The summed E-state index contributed by atoms with van der Waals surface area (Å²) in [6, 6.07) is 0. The second-order valence-corrected chi connectivity index (χ2v) is 3.20. The molecule has 0 spiro atoms. The molecule has 4 heteroatoms. The monoisotopic (exact) mass is 167 g/mol. The van der Waals surface area contributed by atoms with Gasteiger partial charge in [-0.05, 0) is 12.3 Å². The molecule has 2 bridgehead atoms. The van der Waals surface area contributed by atoms with Gasteiger partial charge < -0.3 is 10.0 Å². The fourth-order valence-corrected chi connectivity index (χ4v) is 1.76. The number of rotatable bonds is 1. The lowest BCUT2D eigenvalue weighted by Crippen LogP contribution is -2.30. The maximum absolute atomic E-state index is 11.2. The molecule has 4 nitrogen and oxygen atoms in total. The van der Waals surface area contributed by atoms with E-state index in [1.165, 1.54) is 4.90 Å². The number of carbonyl (C=O) groups excluding carboxylic acids is 1. The van der Waals surface area contributed by atoms with Gasteiger partial charge in [-0.3, -0.25) is 4.79 Å². The molecule has 1 saturated heterocycles. The van der Waals surface area contributed by atoms with E-state index < -0.39 is 5.97 Å². The van der Waals surface area contributed by atoms with Gasteiger partial charge in [0.15, 0.2) is 0 Å². The van der Waals surface area contributed by atoms with Crippen molar-refractivity contribution >= 4 is 11.9 Å². The molecule has 2 aliphatic heterocycles. The Morgan fingerprint density at radius 1 is 1.67 bits per heavy atom. The summed E-state index contributed by atoms with van der Waals surface area (Å²) >= 11 is 0. The Labute approximate surface area is 69.5 Å². The van der Waals surface area contributed by atoms with Crippen LogP contribution in [-0.2, 0) is 9.59 Å². The molecule has 2 aliphatic rings. The molecule has 1 fully saturated rings. The number of allylic oxidation sites excluding steroid dienone is 1. The SMILES string of the molecule is O=C(O)C1=CCC2CC(=O)N1C2. The van der Waals surface area contributed by atoms with Gasteiger partial charge in [0.2, 0.25) is 5.91 Å². The third kappa shape index (κ3) is 0.913. The Hall–Kier alpha value is -1.32. The number of aliphatic carboxylic acids is 1. The van der Waals surface area contributed by atoms with Crippen molar-refractivity contribution in [3.63, 3.8) is 0 Å². The zero-order chi connectivity index (χ0) is 8.72. The predicted octanol–water partition coefficient (Wildman–Crippen LogP) is 0.207. The lowest BCUT2D eigenvalue weighted by Gasteiger charge is -2.20. The van der Waals surface area contributed by atoms with Gasteiger partial charge in [0, 0.05) is 13.0 Å². The Morgan fingerprint density at radius 2 is 2.42 bits per heavy atom. The standard InChI is InChI=1S/C8H9NO3/c10-7-3-5-1-2-6(8(11)12)9(7)4-5/h2,5H,1,3-4H2,(H,11,12). The molecule has 0 aromatic heterocycles. The van der Waals surface area contributed by atoms with E-state index >= 15 is 0 Å². The molecule has 2 heterocycles. The Bertz CT molecular complexity index is 282. The molecule has 0 aliphatic carbocycles. The third-order valence-corrected chi connectivity index (χ3v) is 2.36. The summed E-state index contributed by atoms with van der Waals surface area (Å²) < 4.78 is 0. The quantitative estimate of drug-likeness (QED) is 0.607. The Balaban J connectivity index is 2.31. The van der Waals surface area contributed by atoms with Crippen molar-refractivity contribution in [2.24, 2.45) is 5.92 Å². The van der Waals surface area contributed by atoms with Crippen LogP contribution in [0.4, 0.5) is 0 Å². The van der Waals surface area contributed by atoms with Crippen LogP contribution in [0.1, 0.15) is 12.8 Å². The highest BCUT2D eigenvalue weighted by atomic mass is 16.4.